The third-order valence-corrected chi connectivity index (χ3v) is 6.39. The van der Waals surface area contributed by atoms with E-state index in [1.165, 1.54) is 15.6 Å². The zero-order valence-corrected chi connectivity index (χ0v) is 17.3. The molecule has 0 saturated heterocycles. The molecule has 1 atom stereocenters. The molecular formula is C19H18N4O4S2. The van der Waals surface area contributed by atoms with Crippen molar-refractivity contribution in [1.82, 2.24) is 10.2 Å². The first-order valence-corrected chi connectivity index (χ1v) is 11.4. The normalized spacial score (nSPS) is 16.1. The second kappa shape index (κ2) is 7.45. The molecule has 1 amide bonds. The highest BCUT2D eigenvalue weighted by molar-refractivity contribution is 7.92. The first-order chi connectivity index (χ1) is 13.8. The number of anilines is 2. The Labute approximate surface area is 172 Å². The summed E-state index contributed by atoms with van der Waals surface area (Å²) in [5.74, 6) is -0.143. The predicted octanol–water partition coefficient (Wildman–Crippen LogP) is 2.68. The molecule has 1 aromatic heterocycles. The Hall–Kier alpha value is -2.98. The third-order valence-electron chi connectivity index (χ3n) is 4.35. The number of hydrogen-bond donors (Lipinski definition) is 1. The van der Waals surface area contributed by atoms with Gasteiger partial charge in [0.05, 0.1) is 18.5 Å². The first kappa shape index (κ1) is 19.3. The molecule has 0 fully saturated rings. The van der Waals surface area contributed by atoms with E-state index in [9.17, 15) is 13.2 Å². The Kier molecular flexibility index (Phi) is 4.97. The van der Waals surface area contributed by atoms with Gasteiger partial charge in [0.25, 0.3) is 5.91 Å². The summed E-state index contributed by atoms with van der Waals surface area (Å²) in [5, 5.41) is 11.8. The van der Waals surface area contributed by atoms with Gasteiger partial charge in [-0.1, -0.05) is 47.7 Å². The highest BCUT2D eigenvalue weighted by Gasteiger charge is 2.35. The third kappa shape index (κ3) is 4.08. The highest BCUT2D eigenvalue weighted by atomic mass is 32.2. The van der Waals surface area contributed by atoms with Gasteiger partial charge in [0.2, 0.25) is 15.2 Å². The van der Waals surface area contributed by atoms with E-state index in [2.05, 4.69) is 15.5 Å². The van der Waals surface area contributed by atoms with Crippen LogP contribution in [0.4, 0.5) is 10.8 Å². The van der Waals surface area contributed by atoms with E-state index in [1.54, 1.807) is 18.2 Å². The highest BCUT2D eigenvalue weighted by Crippen LogP contribution is 2.36. The summed E-state index contributed by atoms with van der Waals surface area (Å²) in [5.41, 5.74) is 2.22. The molecule has 8 nitrogen and oxygen atoms in total. The summed E-state index contributed by atoms with van der Waals surface area (Å²) in [7, 11) is -3.58. The summed E-state index contributed by atoms with van der Waals surface area (Å²) < 4.78 is 31.5. The number of aryl methyl sites for hydroxylation is 1. The van der Waals surface area contributed by atoms with Crippen LogP contribution in [0, 0.1) is 6.92 Å². The number of nitrogens with zero attached hydrogens (tertiary/aromatic N) is 3. The van der Waals surface area contributed by atoms with E-state index < -0.39 is 22.0 Å². The Morgan fingerprint density at radius 1 is 1.21 bits per heavy atom. The van der Waals surface area contributed by atoms with Gasteiger partial charge in [-0.15, -0.1) is 10.2 Å². The van der Waals surface area contributed by atoms with Crippen LogP contribution in [0.15, 0.2) is 48.5 Å². The van der Waals surface area contributed by atoms with Gasteiger partial charge >= 0.3 is 0 Å². The summed E-state index contributed by atoms with van der Waals surface area (Å²) >= 11 is 1.23. The molecular weight excluding hydrogens is 412 g/mol. The number of benzene rings is 2. The van der Waals surface area contributed by atoms with Gasteiger partial charge in [-0.05, 0) is 24.6 Å². The van der Waals surface area contributed by atoms with Gasteiger partial charge < -0.3 is 4.74 Å². The van der Waals surface area contributed by atoms with Gasteiger partial charge in [-0.25, -0.2) is 8.42 Å². The summed E-state index contributed by atoms with van der Waals surface area (Å²) in [4.78, 5) is 12.7. The van der Waals surface area contributed by atoms with Crippen molar-refractivity contribution >= 4 is 38.1 Å². The van der Waals surface area contributed by atoms with Crippen molar-refractivity contribution in [3.63, 3.8) is 0 Å². The Balaban J connectivity index is 1.55. The molecule has 0 aliphatic carbocycles. The Morgan fingerprint density at radius 3 is 2.69 bits per heavy atom. The number of carbonyl (C=O) groups is 1. The lowest BCUT2D eigenvalue weighted by Crippen LogP contribution is -2.48. The minimum absolute atomic E-state index is 0.120. The van der Waals surface area contributed by atoms with E-state index in [0.717, 1.165) is 17.4 Å². The predicted molar refractivity (Wildman–Crippen MR) is 112 cm³/mol. The van der Waals surface area contributed by atoms with Crippen molar-refractivity contribution in [3.8, 4) is 16.3 Å². The molecule has 1 N–H and O–H groups in total. The lowest BCUT2D eigenvalue weighted by atomic mass is 10.1. The quantitative estimate of drug-likeness (QED) is 0.683. The average molecular weight is 431 g/mol. The minimum atomic E-state index is -3.58. The number of ether oxygens (including phenoxy) is 1. The number of fused-ring (bicyclic) bond motifs is 1. The second-order valence-electron chi connectivity index (χ2n) is 6.64. The van der Waals surface area contributed by atoms with Gasteiger partial charge in [0.1, 0.15) is 10.8 Å². The van der Waals surface area contributed by atoms with Gasteiger partial charge in [-0.3, -0.25) is 14.4 Å². The maximum absolute atomic E-state index is 12.7. The number of hydrogen-bond acceptors (Lipinski definition) is 7. The summed E-state index contributed by atoms with van der Waals surface area (Å²) in [6, 6.07) is 14.7. The maximum Gasteiger partial charge on any atom is 0.269 e. The maximum atomic E-state index is 12.7. The number of aromatic nitrogens is 2. The molecule has 0 radical (unpaired) electrons. The van der Waals surface area contributed by atoms with Crippen LogP contribution in [0.3, 0.4) is 0 Å². The van der Waals surface area contributed by atoms with E-state index >= 15 is 0 Å². The molecule has 1 aliphatic rings. The monoisotopic (exact) mass is 430 g/mol. The van der Waals surface area contributed by atoms with Crippen LogP contribution in [0.25, 0.3) is 10.6 Å². The number of carbonyl (C=O) groups excluding carboxylic acids is 1. The molecule has 1 aliphatic heterocycles. The topological polar surface area (TPSA) is 101 Å². The first-order valence-electron chi connectivity index (χ1n) is 8.76. The number of sulfonamides is 1. The Morgan fingerprint density at radius 2 is 1.97 bits per heavy atom. The number of rotatable bonds is 4. The van der Waals surface area contributed by atoms with Crippen LogP contribution in [-0.4, -0.2) is 43.4 Å². The SMILES string of the molecule is Cc1ccc2c(c1)N(S(C)(=O)=O)CC(C(=O)Nc1nnc(-c3ccccc3)s1)O2. The molecule has 1 unspecified atom stereocenters. The molecule has 0 saturated carbocycles. The average Bonchev–Trinajstić information content (AvgIpc) is 3.15. The van der Waals surface area contributed by atoms with Gasteiger partial charge in [0.15, 0.2) is 6.10 Å². The second-order valence-corrected chi connectivity index (χ2v) is 9.52. The Bertz CT molecular complexity index is 1160. The van der Waals surface area contributed by atoms with Crippen LogP contribution < -0.4 is 14.4 Å². The van der Waals surface area contributed by atoms with Crippen molar-refractivity contribution in [1.29, 1.82) is 0 Å². The molecule has 0 bridgehead atoms. The molecule has 2 aromatic carbocycles. The lowest BCUT2D eigenvalue weighted by molar-refractivity contribution is -0.122. The summed E-state index contributed by atoms with van der Waals surface area (Å²) in [6.45, 7) is 1.74. The number of amides is 1. The van der Waals surface area contributed by atoms with Crippen molar-refractivity contribution in [2.45, 2.75) is 13.0 Å². The molecule has 2 heterocycles. The van der Waals surface area contributed by atoms with E-state index in [-0.39, 0.29) is 6.54 Å². The van der Waals surface area contributed by atoms with Gasteiger partial charge in [0, 0.05) is 5.56 Å². The van der Waals surface area contributed by atoms with Crippen molar-refractivity contribution in [2.75, 3.05) is 22.4 Å². The largest absolute Gasteiger partial charge is 0.476 e. The van der Waals surface area contributed by atoms with Crippen LogP contribution >= 0.6 is 11.3 Å². The van der Waals surface area contributed by atoms with Crippen LogP contribution in [-0.2, 0) is 14.8 Å². The fraction of sp³-hybridized carbons (Fsp3) is 0.211. The van der Waals surface area contributed by atoms with E-state index in [0.29, 0.717) is 21.6 Å². The molecule has 4 rings (SSSR count). The number of nitrogens with one attached hydrogen (secondary N) is 1. The van der Waals surface area contributed by atoms with Crippen LogP contribution in [0.1, 0.15) is 5.56 Å². The van der Waals surface area contributed by atoms with Crippen molar-refractivity contribution in [2.24, 2.45) is 0 Å². The van der Waals surface area contributed by atoms with Crippen molar-refractivity contribution < 1.29 is 17.9 Å². The van der Waals surface area contributed by atoms with E-state index in [4.69, 9.17) is 4.74 Å². The zero-order valence-electron chi connectivity index (χ0n) is 15.7. The lowest BCUT2D eigenvalue weighted by Gasteiger charge is -2.34. The molecule has 3 aromatic rings. The smallest absolute Gasteiger partial charge is 0.269 e. The molecule has 29 heavy (non-hydrogen) atoms. The van der Waals surface area contributed by atoms with Crippen LogP contribution in [0.5, 0.6) is 5.75 Å². The van der Waals surface area contributed by atoms with E-state index in [1.807, 2.05) is 37.3 Å². The van der Waals surface area contributed by atoms with Crippen LogP contribution in [0.2, 0.25) is 0 Å². The fourth-order valence-electron chi connectivity index (χ4n) is 2.97. The van der Waals surface area contributed by atoms with Crippen molar-refractivity contribution in [3.05, 3.63) is 54.1 Å². The zero-order chi connectivity index (χ0) is 20.6. The molecule has 0 spiro atoms. The standard InChI is InChI=1S/C19H18N4O4S2/c1-12-8-9-15-14(10-12)23(29(2,25)26)11-16(27-15)17(24)20-19-22-21-18(28-19)13-6-4-3-5-7-13/h3-10,16H,11H2,1-2H3,(H,20,22,24). The molecule has 10 heteroatoms. The fourth-order valence-corrected chi connectivity index (χ4v) is 4.63. The van der Waals surface area contributed by atoms with Gasteiger partial charge in [-0.2, -0.15) is 0 Å². The summed E-state index contributed by atoms with van der Waals surface area (Å²) in [6.07, 6.45) is 0.0972. The minimum Gasteiger partial charge on any atom is -0.476 e. The molecule has 150 valence electrons.